The van der Waals surface area contributed by atoms with Crippen molar-refractivity contribution in [2.75, 3.05) is 11.9 Å². The molecule has 0 fully saturated rings. The topological polar surface area (TPSA) is 201 Å². The van der Waals surface area contributed by atoms with Crippen LogP contribution in [0.25, 0.3) is 0 Å². The van der Waals surface area contributed by atoms with Gasteiger partial charge in [0.1, 0.15) is 23.1 Å². The molecule has 0 unspecified atom stereocenters. The maximum Gasteiger partial charge on any atom is 0.347 e. The minimum atomic E-state index is -1.51. The molecule has 12 nitrogen and oxygen atoms in total. The highest BCUT2D eigenvalue weighted by atomic mass is 16.5. The van der Waals surface area contributed by atoms with Crippen LogP contribution in [0.1, 0.15) is 34.3 Å². The monoisotopic (exact) mass is 484 g/mol. The van der Waals surface area contributed by atoms with Gasteiger partial charge >= 0.3 is 17.9 Å². The van der Waals surface area contributed by atoms with Crippen LogP contribution in [0.15, 0.2) is 36.4 Å². The van der Waals surface area contributed by atoms with Gasteiger partial charge in [-0.3, -0.25) is 15.0 Å². The van der Waals surface area contributed by atoms with Gasteiger partial charge in [0, 0.05) is 24.6 Å². The van der Waals surface area contributed by atoms with Gasteiger partial charge in [-0.15, -0.1) is 0 Å². The zero-order valence-electron chi connectivity index (χ0n) is 18.5. The molecule has 2 aromatic rings. The van der Waals surface area contributed by atoms with E-state index in [-0.39, 0.29) is 36.7 Å². The second-order valence-electron chi connectivity index (χ2n) is 7.74. The molecule has 7 N–H and O–H groups in total. The van der Waals surface area contributed by atoms with Gasteiger partial charge in [0.15, 0.2) is 5.96 Å². The van der Waals surface area contributed by atoms with E-state index in [4.69, 9.17) is 30.8 Å². The molecule has 35 heavy (non-hydrogen) atoms. The molecule has 1 amide bonds. The number of ether oxygens (including phenoxy) is 2. The van der Waals surface area contributed by atoms with Crippen LogP contribution in [0.5, 0.6) is 11.5 Å². The third-order valence-corrected chi connectivity index (χ3v) is 5.09. The van der Waals surface area contributed by atoms with E-state index < -0.39 is 36.3 Å². The lowest BCUT2D eigenvalue weighted by molar-refractivity contribution is -0.147. The van der Waals surface area contributed by atoms with E-state index in [2.05, 4.69) is 10.6 Å². The van der Waals surface area contributed by atoms with Gasteiger partial charge in [0.2, 0.25) is 5.91 Å². The molecule has 1 heterocycles. The Balaban J connectivity index is 1.68. The second kappa shape index (κ2) is 11.0. The number of hydrogen-bond acceptors (Lipinski definition) is 7. The van der Waals surface area contributed by atoms with Crippen molar-refractivity contribution in [2.24, 2.45) is 5.73 Å². The average Bonchev–Trinajstić information content (AvgIpc) is 2.83. The number of hydrogen-bond donors (Lipinski definition) is 6. The fourth-order valence-corrected chi connectivity index (χ4v) is 3.45. The first-order chi connectivity index (χ1) is 16.6. The molecule has 0 aliphatic carbocycles. The molecule has 1 aliphatic heterocycles. The van der Waals surface area contributed by atoms with E-state index in [1.807, 2.05) is 0 Å². The van der Waals surface area contributed by atoms with Crippen LogP contribution in [0.3, 0.4) is 0 Å². The molecule has 3 rings (SSSR count). The van der Waals surface area contributed by atoms with Gasteiger partial charge in [-0.05, 0) is 35.7 Å². The summed E-state index contributed by atoms with van der Waals surface area (Å²) >= 11 is 0. The van der Waals surface area contributed by atoms with E-state index in [1.165, 1.54) is 6.07 Å². The molecule has 0 saturated heterocycles. The zero-order valence-corrected chi connectivity index (χ0v) is 18.5. The molecule has 0 spiro atoms. The number of anilines is 1. The second-order valence-corrected chi connectivity index (χ2v) is 7.74. The summed E-state index contributed by atoms with van der Waals surface area (Å²) < 4.78 is 11.3. The number of carboxylic acids is 2. The predicted molar refractivity (Wildman–Crippen MR) is 123 cm³/mol. The smallest absolute Gasteiger partial charge is 0.347 e. The van der Waals surface area contributed by atoms with Crippen molar-refractivity contribution < 1.29 is 38.9 Å². The van der Waals surface area contributed by atoms with Crippen molar-refractivity contribution >= 4 is 35.5 Å². The number of rotatable bonds is 8. The number of carbonyl (C=O) groups excluding carboxylic acids is 2. The van der Waals surface area contributed by atoms with Crippen LogP contribution >= 0.6 is 0 Å². The lowest BCUT2D eigenvalue weighted by Gasteiger charge is -2.13. The van der Waals surface area contributed by atoms with Crippen LogP contribution in [-0.2, 0) is 27.2 Å². The predicted octanol–water partition coefficient (Wildman–Crippen LogP) is 1.12. The van der Waals surface area contributed by atoms with E-state index >= 15 is 0 Å². The standard InChI is InChI=1S/C23H24N4O8/c24-23(25)26-14-3-4-15-18(10-14)34-8-7-13-9-12(1-5-17(13)35-22(15)33)2-6-19(28)27-16(21(31)32)11-20(29)30/h1,3-5,9-10,16H,2,6-8,11H2,(H,27,28)(H,29,30)(H,31,32)(H4,24,25,26)/t16-/m0/s1. The van der Waals surface area contributed by atoms with E-state index in [1.54, 1.807) is 30.3 Å². The third kappa shape index (κ3) is 6.93. The Morgan fingerprint density at radius 2 is 1.89 bits per heavy atom. The highest BCUT2D eigenvalue weighted by Gasteiger charge is 2.23. The minimum Gasteiger partial charge on any atom is -0.492 e. The van der Waals surface area contributed by atoms with Crippen molar-refractivity contribution in [3.63, 3.8) is 0 Å². The summed E-state index contributed by atoms with van der Waals surface area (Å²) in [6.07, 6.45) is -0.129. The number of nitrogens with two attached hydrogens (primary N) is 1. The number of nitrogens with one attached hydrogen (secondary N) is 3. The summed E-state index contributed by atoms with van der Waals surface area (Å²) in [6.45, 7) is 0.222. The highest BCUT2D eigenvalue weighted by Crippen LogP contribution is 2.29. The van der Waals surface area contributed by atoms with Crippen LogP contribution in [0.2, 0.25) is 0 Å². The van der Waals surface area contributed by atoms with Crippen LogP contribution in [0, 0.1) is 5.41 Å². The fourth-order valence-electron chi connectivity index (χ4n) is 3.45. The first kappa shape index (κ1) is 25.0. The van der Waals surface area contributed by atoms with Crippen molar-refractivity contribution in [1.29, 1.82) is 5.41 Å². The molecule has 0 aromatic heterocycles. The molecular weight excluding hydrogens is 460 g/mol. The Kier molecular flexibility index (Phi) is 7.87. The first-order valence-electron chi connectivity index (χ1n) is 10.6. The Morgan fingerprint density at radius 3 is 2.57 bits per heavy atom. The summed E-state index contributed by atoms with van der Waals surface area (Å²) in [4.78, 5) is 46.7. The number of aliphatic carboxylic acids is 2. The first-order valence-corrected chi connectivity index (χ1v) is 10.6. The minimum absolute atomic E-state index is 0.0597. The van der Waals surface area contributed by atoms with Gasteiger partial charge in [0.05, 0.1) is 13.0 Å². The average molecular weight is 484 g/mol. The number of esters is 1. The third-order valence-electron chi connectivity index (χ3n) is 5.09. The van der Waals surface area contributed by atoms with Gasteiger partial charge in [-0.1, -0.05) is 12.1 Å². The largest absolute Gasteiger partial charge is 0.492 e. The van der Waals surface area contributed by atoms with Gasteiger partial charge in [0.25, 0.3) is 0 Å². The molecule has 12 heteroatoms. The Hall–Kier alpha value is -4.61. The van der Waals surface area contributed by atoms with Crippen molar-refractivity contribution in [2.45, 2.75) is 31.7 Å². The molecular formula is C23H24N4O8. The number of fused-ring (bicyclic) bond motifs is 2. The molecule has 1 atom stereocenters. The van der Waals surface area contributed by atoms with Crippen LogP contribution in [-0.4, -0.2) is 52.6 Å². The summed E-state index contributed by atoms with van der Waals surface area (Å²) in [5.41, 5.74) is 7.46. The maximum atomic E-state index is 12.7. The fraction of sp³-hybridized carbons (Fsp3) is 0.261. The maximum absolute atomic E-state index is 12.7. The molecule has 0 radical (unpaired) electrons. The van der Waals surface area contributed by atoms with Gasteiger partial charge in [-0.25, -0.2) is 9.59 Å². The number of aryl methyl sites for hydroxylation is 1. The lowest BCUT2D eigenvalue weighted by Crippen LogP contribution is -2.42. The Bertz CT molecular complexity index is 1180. The van der Waals surface area contributed by atoms with Gasteiger partial charge < -0.3 is 36.1 Å². The zero-order chi connectivity index (χ0) is 25.5. The SMILES string of the molecule is N=C(N)Nc1ccc2c(c1)OCCc1cc(CCC(=O)N[C@@H](CC(=O)O)C(=O)O)ccc1OC2=O. The highest BCUT2D eigenvalue weighted by molar-refractivity contribution is 5.96. The number of carboxylic acid groups (broad SMARTS) is 2. The molecule has 184 valence electrons. The Morgan fingerprint density at radius 1 is 1.11 bits per heavy atom. The van der Waals surface area contributed by atoms with Crippen molar-refractivity contribution in [1.82, 2.24) is 5.32 Å². The quantitative estimate of drug-likeness (QED) is 0.136. The van der Waals surface area contributed by atoms with Crippen LogP contribution < -0.4 is 25.8 Å². The molecule has 1 aliphatic rings. The normalized spacial score (nSPS) is 13.3. The number of benzene rings is 2. The molecule has 2 aromatic carbocycles. The number of guanidine groups is 1. The van der Waals surface area contributed by atoms with Gasteiger partial charge in [-0.2, -0.15) is 0 Å². The van der Waals surface area contributed by atoms with Crippen molar-refractivity contribution in [3.8, 4) is 11.5 Å². The molecule has 0 bridgehead atoms. The van der Waals surface area contributed by atoms with E-state index in [0.717, 1.165) is 5.56 Å². The van der Waals surface area contributed by atoms with E-state index in [0.29, 0.717) is 23.4 Å². The lowest BCUT2D eigenvalue weighted by atomic mass is 10.0. The Labute approximate surface area is 199 Å². The summed E-state index contributed by atoms with van der Waals surface area (Å²) in [6, 6.07) is 8.19. The number of carbonyl (C=O) groups is 4. The number of amides is 1. The summed E-state index contributed by atoms with van der Waals surface area (Å²) in [7, 11) is 0. The summed E-state index contributed by atoms with van der Waals surface area (Å²) in [5.74, 6) is -3.61. The van der Waals surface area contributed by atoms with E-state index in [9.17, 15) is 19.2 Å². The van der Waals surface area contributed by atoms with Crippen molar-refractivity contribution in [3.05, 3.63) is 53.1 Å². The summed E-state index contributed by atoms with van der Waals surface area (Å²) in [5, 5.41) is 30.0. The van der Waals surface area contributed by atoms with Crippen LogP contribution in [0.4, 0.5) is 5.69 Å². The molecule has 0 saturated carbocycles.